The molecule has 324 valence electrons. The molecule has 0 radical (unpaired) electrons. The van der Waals surface area contributed by atoms with Crippen LogP contribution in [0.1, 0.15) is 98.9 Å². The van der Waals surface area contributed by atoms with Gasteiger partial charge >= 0.3 is 0 Å². The topological polar surface area (TPSA) is 113 Å². The first-order chi connectivity index (χ1) is 32.4. The van der Waals surface area contributed by atoms with Crippen LogP contribution in [0.2, 0.25) is 0 Å². The van der Waals surface area contributed by atoms with E-state index in [1.165, 1.54) is 0 Å². The highest BCUT2D eigenvalue weighted by Gasteiger charge is 2.34. The molecule has 6 aromatic carbocycles. The fourth-order valence-electron chi connectivity index (χ4n) is 10.4. The average molecular weight is 861 g/mol. The number of H-pyrrole nitrogens is 4. The van der Waals surface area contributed by atoms with Crippen LogP contribution in [0.25, 0.3) is 43.1 Å². The molecule has 5 heterocycles. The van der Waals surface area contributed by atoms with E-state index in [0.29, 0.717) is 0 Å². The van der Waals surface area contributed by atoms with Crippen molar-refractivity contribution >= 4 is 90.7 Å². The third kappa shape index (κ3) is 7.01. The van der Waals surface area contributed by atoms with E-state index in [1.54, 1.807) is 0 Å². The summed E-state index contributed by atoms with van der Waals surface area (Å²) in [6, 6.07) is 51.6. The van der Waals surface area contributed by atoms with Crippen LogP contribution in [-0.2, 0) is 10.8 Å². The van der Waals surface area contributed by atoms with Gasteiger partial charge in [0.15, 0.2) is 0 Å². The van der Waals surface area contributed by atoms with E-state index in [4.69, 9.17) is 20.0 Å². The minimum absolute atomic E-state index is 0.250. The molecule has 0 saturated carbocycles. The number of nitrogens with one attached hydrogen (secondary N) is 4. The van der Waals surface area contributed by atoms with Gasteiger partial charge < -0.3 is 19.9 Å². The Hall–Kier alpha value is -7.84. The molecule has 0 aliphatic carbocycles. The second-order valence-corrected chi connectivity index (χ2v) is 17.6. The normalized spacial score (nSPS) is 14.6. The van der Waals surface area contributed by atoms with Crippen LogP contribution in [0.4, 0.5) is 22.7 Å². The summed E-state index contributed by atoms with van der Waals surface area (Å²) < 4.78 is 0. The SMILES string of the molecule is CCC1(CC)c2ccc([nH]2)C=Nc2cccc3cc4cccc(c4cc23)N=Cc2ccc([nH]2)C(CC)(CC)c2ccc([nH]2)C=Nc2cccc3cc4cccc(c4cc23)N=Cc2ccc1[nH]2. The van der Waals surface area contributed by atoms with Crippen LogP contribution >= 0.6 is 0 Å². The van der Waals surface area contributed by atoms with Crippen molar-refractivity contribution in [3.05, 3.63) is 191 Å². The molecule has 0 fully saturated rings. The van der Waals surface area contributed by atoms with E-state index in [9.17, 15) is 0 Å². The molecule has 12 bridgehead atoms. The number of hydrogen-bond donors (Lipinski definition) is 4. The Morgan fingerprint density at radius 1 is 0.318 bits per heavy atom. The van der Waals surface area contributed by atoms with Gasteiger partial charge in [-0.3, -0.25) is 20.0 Å². The van der Waals surface area contributed by atoms with E-state index in [1.807, 2.05) is 24.9 Å². The summed E-state index contributed by atoms with van der Waals surface area (Å²) in [6.07, 6.45) is 11.4. The van der Waals surface area contributed by atoms with Gasteiger partial charge in [-0.05, 0) is 144 Å². The Balaban J connectivity index is 1.05. The minimum Gasteiger partial charge on any atom is -0.357 e. The van der Waals surface area contributed by atoms with Crippen molar-refractivity contribution < 1.29 is 0 Å². The summed E-state index contributed by atoms with van der Waals surface area (Å²) >= 11 is 0. The van der Waals surface area contributed by atoms with Crippen LogP contribution in [-0.4, -0.2) is 44.8 Å². The van der Waals surface area contributed by atoms with Gasteiger partial charge in [0.2, 0.25) is 0 Å². The first-order valence-corrected chi connectivity index (χ1v) is 23.3. The number of rotatable bonds is 4. The molecule has 0 unspecified atom stereocenters. The van der Waals surface area contributed by atoms with Crippen LogP contribution in [0, 0.1) is 0 Å². The molecule has 4 N–H and O–H groups in total. The molecule has 0 spiro atoms. The van der Waals surface area contributed by atoms with Crippen molar-refractivity contribution in [1.29, 1.82) is 0 Å². The standard InChI is InChI=1S/C58H52N8/c1-5-57(6-2)53-25-21-41(63-53)33-59-49-17-9-13-37-29-39-15-11-19-51(47(39)31-45(37)49)61-35-43-23-27-55(65-43)58(7-3,8-4)56-28-24-44(66-56)36-62-52-20-12-16-40-30-38-14-10-18-50(46(38)32-48(40)52)60-34-42-22-26-54(57)64-42/h9-36,63-66H,5-8H2,1-4H3. The zero-order chi connectivity index (χ0) is 44.8. The smallest absolute Gasteiger partial charge is 0.0709 e. The van der Waals surface area contributed by atoms with Gasteiger partial charge in [-0.25, -0.2) is 0 Å². The molecule has 8 nitrogen and oxygen atoms in total. The Labute approximate surface area is 384 Å². The number of fused-ring (bicyclic) bond motifs is 8. The lowest BCUT2D eigenvalue weighted by Crippen LogP contribution is -2.27. The third-order valence-corrected chi connectivity index (χ3v) is 14.3. The van der Waals surface area contributed by atoms with Crippen molar-refractivity contribution in [3.8, 4) is 0 Å². The van der Waals surface area contributed by atoms with Crippen LogP contribution in [0.5, 0.6) is 0 Å². The quantitative estimate of drug-likeness (QED) is 0.126. The second-order valence-electron chi connectivity index (χ2n) is 17.6. The Kier molecular flexibility index (Phi) is 10.3. The third-order valence-electron chi connectivity index (χ3n) is 14.3. The number of aromatic amines is 4. The maximum Gasteiger partial charge on any atom is 0.0709 e. The lowest BCUT2D eigenvalue weighted by molar-refractivity contribution is 0.455. The predicted molar refractivity (Wildman–Crippen MR) is 278 cm³/mol. The first kappa shape index (κ1) is 40.9. The molecule has 1 aliphatic heterocycles. The molecule has 0 atom stereocenters. The Morgan fingerprint density at radius 3 is 0.818 bits per heavy atom. The Morgan fingerprint density at radius 2 is 0.576 bits per heavy atom. The highest BCUT2D eigenvalue weighted by Crippen LogP contribution is 2.41. The van der Waals surface area contributed by atoms with E-state index >= 15 is 0 Å². The molecule has 11 rings (SSSR count). The summed E-state index contributed by atoms with van der Waals surface area (Å²) in [5.41, 5.74) is 11.5. The minimum atomic E-state index is -0.250. The average Bonchev–Trinajstić information content (AvgIpc) is 4.21. The number of aromatic nitrogens is 4. The molecule has 0 amide bonds. The van der Waals surface area contributed by atoms with Crippen molar-refractivity contribution in [2.75, 3.05) is 0 Å². The number of hydrogen-bond acceptors (Lipinski definition) is 4. The van der Waals surface area contributed by atoms with Gasteiger partial charge in [0.25, 0.3) is 0 Å². The first-order valence-electron chi connectivity index (χ1n) is 23.3. The summed E-state index contributed by atoms with van der Waals surface area (Å²) in [5, 5.41) is 8.85. The van der Waals surface area contributed by atoms with Gasteiger partial charge in [0.05, 0.1) is 70.4 Å². The van der Waals surface area contributed by atoms with Gasteiger partial charge in [-0.2, -0.15) is 0 Å². The highest BCUT2D eigenvalue weighted by molar-refractivity contribution is 6.09. The maximum absolute atomic E-state index is 5.09. The summed E-state index contributed by atoms with van der Waals surface area (Å²) in [5.74, 6) is 0. The summed E-state index contributed by atoms with van der Waals surface area (Å²) in [7, 11) is 0. The zero-order valence-electron chi connectivity index (χ0n) is 37.8. The molecule has 66 heavy (non-hydrogen) atoms. The van der Waals surface area contributed by atoms with Crippen LogP contribution in [0.15, 0.2) is 166 Å². The second kappa shape index (κ2) is 16.6. The van der Waals surface area contributed by atoms with Gasteiger partial charge in [-0.1, -0.05) is 76.2 Å². The van der Waals surface area contributed by atoms with Gasteiger partial charge in [0, 0.05) is 55.2 Å². The van der Waals surface area contributed by atoms with Crippen molar-refractivity contribution in [2.24, 2.45) is 20.0 Å². The maximum atomic E-state index is 5.09. The lowest BCUT2D eigenvalue weighted by atomic mass is 9.76. The fraction of sp³-hybridized carbons (Fsp3) is 0.172. The van der Waals surface area contributed by atoms with Gasteiger partial charge in [0.1, 0.15) is 0 Å². The zero-order valence-corrected chi connectivity index (χ0v) is 37.8. The van der Waals surface area contributed by atoms with Crippen LogP contribution in [0.3, 0.4) is 0 Å². The van der Waals surface area contributed by atoms with Gasteiger partial charge in [-0.15, -0.1) is 0 Å². The van der Waals surface area contributed by atoms with E-state index < -0.39 is 0 Å². The molecular weight excluding hydrogens is 809 g/mol. The predicted octanol–water partition coefficient (Wildman–Crippen LogP) is 15.1. The van der Waals surface area contributed by atoms with Crippen LogP contribution < -0.4 is 0 Å². The highest BCUT2D eigenvalue weighted by atomic mass is 14.9. The van der Waals surface area contributed by atoms with Crippen molar-refractivity contribution in [2.45, 2.75) is 64.2 Å². The molecule has 0 saturated heterocycles. The van der Waals surface area contributed by atoms with Crippen molar-refractivity contribution in [1.82, 2.24) is 19.9 Å². The fourth-order valence-corrected chi connectivity index (χ4v) is 10.4. The molecule has 1 aliphatic rings. The van der Waals surface area contributed by atoms with E-state index in [0.717, 1.165) is 137 Å². The Bertz CT molecular complexity index is 3100. The molecule has 4 aromatic heterocycles. The molecule has 10 aromatic rings. The monoisotopic (exact) mass is 860 g/mol. The molecular formula is C58H52N8. The number of benzene rings is 6. The van der Waals surface area contributed by atoms with E-state index in [-0.39, 0.29) is 10.8 Å². The van der Waals surface area contributed by atoms with E-state index in [2.05, 4.69) is 193 Å². The number of aliphatic imine (C=N–C) groups is 4. The number of nitrogens with zero attached hydrogens (tertiary/aromatic N) is 4. The largest absolute Gasteiger partial charge is 0.357 e. The lowest BCUT2D eigenvalue weighted by Gasteiger charge is -2.30. The summed E-state index contributed by atoms with van der Waals surface area (Å²) in [6.45, 7) is 9.03. The summed E-state index contributed by atoms with van der Waals surface area (Å²) in [4.78, 5) is 35.4. The molecule has 8 heteroatoms. The van der Waals surface area contributed by atoms with Crippen molar-refractivity contribution in [3.63, 3.8) is 0 Å².